The SMILES string of the molecule is COc1ccc(C(=O)OC[C@H]2O[C@@H](OCC[Si](C)(C)C)[C@H](OC(=O)c3ccccc3)[C@@H](OC(=O)c3ccccc3)[C@H]2O)cc1. The maximum Gasteiger partial charge on any atom is 0.338 e. The fourth-order valence-electron chi connectivity index (χ4n) is 4.40. The van der Waals surface area contributed by atoms with Crippen LogP contribution < -0.4 is 4.74 Å². The molecule has 0 radical (unpaired) electrons. The van der Waals surface area contributed by atoms with Crippen LogP contribution in [0.1, 0.15) is 31.1 Å². The summed E-state index contributed by atoms with van der Waals surface area (Å²) in [5.41, 5.74) is 0.755. The number of hydrogen-bond donors (Lipinski definition) is 1. The third-order valence-corrected chi connectivity index (χ3v) is 8.67. The Balaban J connectivity index is 1.60. The van der Waals surface area contributed by atoms with Gasteiger partial charge in [-0.1, -0.05) is 56.0 Å². The second kappa shape index (κ2) is 15.1. The lowest BCUT2D eigenvalue weighted by atomic mass is 9.98. The minimum atomic E-state index is -1.54. The van der Waals surface area contributed by atoms with Crippen LogP contribution in [-0.2, 0) is 23.7 Å². The average molecular weight is 623 g/mol. The molecular formula is C33H38O10Si. The number of carbonyl (C=O) groups excluding carboxylic acids is 3. The summed E-state index contributed by atoms with van der Waals surface area (Å²) in [4.78, 5) is 39.1. The summed E-state index contributed by atoms with van der Waals surface area (Å²) in [5, 5.41) is 11.5. The molecule has 0 unspecified atom stereocenters. The van der Waals surface area contributed by atoms with E-state index in [9.17, 15) is 19.5 Å². The molecule has 1 aliphatic rings. The van der Waals surface area contributed by atoms with Crippen molar-refractivity contribution in [3.05, 3.63) is 102 Å². The van der Waals surface area contributed by atoms with Crippen LogP contribution in [0.25, 0.3) is 0 Å². The van der Waals surface area contributed by atoms with Gasteiger partial charge in [0.05, 0.1) is 23.8 Å². The van der Waals surface area contributed by atoms with E-state index in [2.05, 4.69) is 19.6 Å². The van der Waals surface area contributed by atoms with Gasteiger partial charge in [-0.2, -0.15) is 0 Å². The van der Waals surface area contributed by atoms with Crippen molar-refractivity contribution in [2.45, 2.75) is 56.4 Å². The van der Waals surface area contributed by atoms with Crippen molar-refractivity contribution >= 4 is 26.0 Å². The predicted molar refractivity (Wildman–Crippen MR) is 163 cm³/mol. The van der Waals surface area contributed by atoms with Gasteiger partial charge in [0, 0.05) is 14.7 Å². The summed E-state index contributed by atoms with van der Waals surface area (Å²) in [6, 6.07) is 23.6. The lowest BCUT2D eigenvalue weighted by Crippen LogP contribution is -2.62. The first-order chi connectivity index (χ1) is 21.1. The number of hydrogen-bond acceptors (Lipinski definition) is 10. The van der Waals surface area contributed by atoms with Crippen LogP contribution in [0.3, 0.4) is 0 Å². The third-order valence-electron chi connectivity index (χ3n) is 6.96. The van der Waals surface area contributed by atoms with Crippen LogP contribution >= 0.6 is 0 Å². The van der Waals surface area contributed by atoms with Gasteiger partial charge in [-0.3, -0.25) is 0 Å². The molecule has 0 saturated carbocycles. The number of methoxy groups -OCH3 is 1. The summed E-state index contributed by atoms with van der Waals surface area (Å²) in [7, 11) is -0.0255. The molecule has 3 aromatic rings. The van der Waals surface area contributed by atoms with Gasteiger partial charge in [0.15, 0.2) is 18.5 Å². The minimum Gasteiger partial charge on any atom is -0.497 e. The van der Waals surface area contributed by atoms with E-state index in [0.717, 1.165) is 6.04 Å². The first-order valence-corrected chi connectivity index (χ1v) is 18.0. The molecule has 10 nitrogen and oxygen atoms in total. The molecule has 0 bridgehead atoms. The van der Waals surface area contributed by atoms with Crippen molar-refractivity contribution < 1.29 is 47.9 Å². The summed E-state index contributed by atoms with van der Waals surface area (Å²) >= 11 is 0. The fraction of sp³-hybridized carbons (Fsp3) is 0.364. The van der Waals surface area contributed by atoms with Crippen molar-refractivity contribution in [3.8, 4) is 5.75 Å². The van der Waals surface area contributed by atoms with Crippen LogP contribution in [-0.4, -0.2) is 82.1 Å². The molecule has 44 heavy (non-hydrogen) atoms. The molecular weight excluding hydrogens is 584 g/mol. The highest BCUT2D eigenvalue weighted by Crippen LogP contribution is 2.30. The topological polar surface area (TPSA) is 127 Å². The number of aliphatic hydroxyl groups is 1. The van der Waals surface area contributed by atoms with Crippen LogP contribution in [0.4, 0.5) is 0 Å². The van der Waals surface area contributed by atoms with E-state index < -0.39 is 63.3 Å². The smallest absolute Gasteiger partial charge is 0.338 e. The summed E-state index contributed by atoms with van der Waals surface area (Å²) in [5.74, 6) is -1.54. The Morgan fingerprint density at radius 1 is 0.750 bits per heavy atom. The molecule has 0 amide bonds. The third kappa shape index (κ3) is 8.99. The lowest BCUT2D eigenvalue weighted by Gasteiger charge is -2.43. The molecule has 234 valence electrons. The molecule has 1 saturated heterocycles. The van der Waals surface area contributed by atoms with Crippen molar-refractivity contribution in [2.75, 3.05) is 20.3 Å². The molecule has 11 heteroatoms. The van der Waals surface area contributed by atoms with E-state index in [1.807, 2.05) is 0 Å². The van der Waals surface area contributed by atoms with E-state index in [1.165, 1.54) is 7.11 Å². The molecule has 1 N–H and O–H groups in total. The van der Waals surface area contributed by atoms with Gasteiger partial charge >= 0.3 is 17.9 Å². The van der Waals surface area contributed by atoms with Gasteiger partial charge < -0.3 is 33.5 Å². The van der Waals surface area contributed by atoms with E-state index in [0.29, 0.717) is 5.75 Å². The van der Waals surface area contributed by atoms with Gasteiger partial charge in [-0.05, 0) is 54.6 Å². The molecule has 0 aliphatic carbocycles. The minimum absolute atomic E-state index is 0.234. The number of aliphatic hydroxyl groups excluding tert-OH is 1. The number of carbonyl (C=O) groups is 3. The zero-order valence-electron chi connectivity index (χ0n) is 25.2. The Kier molecular flexibility index (Phi) is 11.3. The van der Waals surface area contributed by atoms with Gasteiger partial charge in [0.25, 0.3) is 0 Å². The lowest BCUT2D eigenvalue weighted by molar-refractivity contribution is -0.298. The predicted octanol–water partition coefficient (Wildman–Crippen LogP) is 4.74. The van der Waals surface area contributed by atoms with Crippen LogP contribution in [0.5, 0.6) is 5.75 Å². The van der Waals surface area contributed by atoms with Crippen LogP contribution in [0.2, 0.25) is 25.7 Å². The van der Waals surface area contributed by atoms with Gasteiger partial charge in [0.1, 0.15) is 24.6 Å². The zero-order valence-corrected chi connectivity index (χ0v) is 26.2. The first-order valence-electron chi connectivity index (χ1n) is 14.3. The maximum absolute atomic E-state index is 13.2. The molecule has 1 fully saturated rings. The highest BCUT2D eigenvalue weighted by molar-refractivity contribution is 6.76. The molecule has 0 spiro atoms. The Morgan fingerprint density at radius 2 is 1.27 bits per heavy atom. The first kappa shape index (κ1) is 32.9. The monoisotopic (exact) mass is 622 g/mol. The van der Waals surface area contributed by atoms with E-state index in [-0.39, 0.29) is 23.3 Å². The van der Waals surface area contributed by atoms with E-state index in [4.69, 9.17) is 28.4 Å². The largest absolute Gasteiger partial charge is 0.497 e. The van der Waals surface area contributed by atoms with Crippen molar-refractivity contribution in [1.29, 1.82) is 0 Å². The molecule has 1 aliphatic heterocycles. The Bertz CT molecular complexity index is 1380. The summed E-state index contributed by atoms with van der Waals surface area (Å²) in [6.45, 7) is 6.42. The Labute approximate surface area is 257 Å². The van der Waals surface area contributed by atoms with Crippen molar-refractivity contribution in [3.63, 3.8) is 0 Å². The fourth-order valence-corrected chi connectivity index (χ4v) is 5.13. The average Bonchev–Trinajstić information content (AvgIpc) is 3.03. The summed E-state index contributed by atoms with van der Waals surface area (Å²) < 4.78 is 34.4. The van der Waals surface area contributed by atoms with Crippen molar-refractivity contribution in [1.82, 2.24) is 0 Å². The molecule has 4 rings (SSSR count). The molecule has 3 aromatic carbocycles. The van der Waals surface area contributed by atoms with Crippen LogP contribution in [0, 0.1) is 0 Å². The normalized spacial score (nSPS) is 21.6. The number of esters is 3. The van der Waals surface area contributed by atoms with Gasteiger partial charge in [-0.15, -0.1) is 0 Å². The van der Waals surface area contributed by atoms with Crippen molar-refractivity contribution in [2.24, 2.45) is 0 Å². The van der Waals surface area contributed by atoms with E-state index >= 15 is 0 Å². The molecule has 0 aromatic heterocycles. The van der Waals surface area contributed by atoms with Gasteiger partial charge in [0.2, 0.25) is 0 Å². The summed E-state index contributed by atoms with van der Waals surface area (Å²) in [6.07, 6.45) is -6.70. The molecule has 1 heterocycles. The second-order valence-corrected chi connectivity index (χ2v) is 17.1. The van der Waals surface area contributed by atoms with Crippen LogP contribution in [0.15, 0.2) is 84.9 Å². The van der Waals surface area contributed by atoms with Gasteiger partial charge in [-0.25, -0.2) is 14.4 Å². The highest BCUT2D eigenvalue weighted by Gasteiger charge is 2.51. The zero-order chi connectivity index (χ0) is 31.7. The number of benzene rings is 3. The molecule has 5 atom stereocenters. The second-order valence-electron chi connectivity index (χ2n) is 11.5. The highest BCUT2D eigenvalue weighted by atomic mass is 28.3. The quantitative estimate of drug-likeness (QED) is 0.172. The maximum atomic E-state index is 13.2. The van der Waals surface area contributed by atoms with E-state index in [1.54, 1.807) is 84.9 Å². The Hall–Kier alpha value is -4.03. The standard InChI is InChI=1S/C33H38O10Si/c1-38-25-17-15-24(16-18-25)30(35)40-21-26-27(34)28(42-31(36)22-11-7-5-8-12-22)29(33(41-26)39-19-20-44(2,3)4)43-32(37)23-13-9-6-10-14-23/h5-18,26-29,33-34H,19-21H2,1-4H3/t26-,27+,28+,29-,33-/m1/s1. The Morgan fingerprint density at radius 3 is 1.80 bits per heavy atom. The number of rotatable bonds is 12. The number of ether oxygens (including phenoxy) is 6.